The molecule has 25 heavy (non-hydrogen) atoms. The second-order valence-corrected chi connectivity index (χ2v) is 7.14. The van der Waals surface area contributed by atoms with Gasteiger partial charge >= 0.3 is 0 Å². The first-order chi connectivity index (χ1) is 11.9. The number of aryl methyl sites for hydroxylation is 1. The van der Waals surface area contributed by atoms with Crippen molar-refractivity contribution in [3.8, 4) is 0 Å². The maximum Gasteiger partial charge on any atom is 0.266 e. The molecule has 1 aromatic rings. The van der Waals surface area contributed by atoms with Crippen molar-refractivity contribution in [2.75, 3.05) is 13.1 Å². The Morgan fingerprint density at radius 2 is 1.96 bits per heavy atom. The second kappa shape index (κ2) is 8.77. The number of nitrogens with one attached hydrogen (secondary N) is 1. The van der Waals surface area contributed by atoms with Gasteiger partial charge in [0.1, 0.15) is 4.32 Å². The quantitative estimate of drug-likeness (QED) is 0.560. The number of thiocarbonyl (C=S) groups is 1. The molecule has 132 valence electrons. The smallest absolute Gasteiger partial charge is 0.266 e. The molecule has 1 heterocycles. The fourth-order valence-corrected chi connectivity index (χ4v) is 3.42. The second-order valence-electron chi connectivity index (χ2n) is 5.47. The topological polar surface area (TPSA) is 89.5 Å². The first-order valence-electron chi connectivity index (χ1n) is 7.65. The lowest BCUT2D eigenvalue weighted by atomic mass is 10.1. The van der Waals surface area contributed by atoms with Crippen LogP contribution in [0.3, 0.4) is 0 Å². The van der Waals surface area contributed by atoms with E-state index in [1.807, 2.05) is 31.2 Å². The highest BCUT2D eigenvalue weighted by molar-refractivity contribution is 8.26. The number of aliphatic carboxylic acids is 1. The summed E-state index contributed by atoms with van der Waals surface area (Å²) in [5.74, 6) is -1.78. The molecular weight excluding hydrogens is 360 g/mol. The number of amides is 2. The van der Waals surface area contributed by atoms with Crippen LogP contribution in [0.25, 0.3) is 6.08 Å². The van der Waals surface area contributed by atoms with Gasteiger partial charge in [-0.25, -0.2) is 0 Å². The first kappa shape index (κ1) is 19.1. The van der Waals surface area contributed by atoms with Gasteiger partial charge in [-0.15, -0.1) is 0 Å². The van der Waals surface area contributed by atoms with E-state index in [1.165, 1.54) is 16.7 Å². The van der Waals surface area contributed by atoms with Crippen molar-refractivity contribution >= 4 is 52.2 Å². The zero-order valence-electron chi connectivity index (χ0n) is 13.6. The Morgan fingerprint density at radius 1 is 1.28 bits per heavy atom. The lowest BCUT2D eigenvalue weighted by Gasteiger charge is -2.14. The number of benzene rings is 1. The number of carbonyl (C=O) groups is 3. The molecule has 0 radical (unpaired) electrons. The SMILES string of the molecule is Cc1ccc(/C=C2/SC(=S)N(CCC(=O)NCCC(=O)[O-])C2=O)cc1. The summed E-state index contributed by atoms with van der Waals surface area (Å²) in [5, 5.41) is 12.8. The van der Waals surface area contributed by atoms with Crippen molar-refractivity contribution in [1.82, 2.24) is 10.2 Å². The Kier molecular flexibility index (Phi) is 6.72. The van der Waals surface area contributed by atoms with E-state index in [4.69, 9.17) is 12.2 Å². The summed E-state index contributed by atoms with van der Waals surface area (Å²) in [6.07, 6.45) is 1.59. The highest BCUT2D eigenvalue weighted by Crippen LogP contribution is 2.32. The summed E-state index contributed by atoms with van der Waals surface area (Å²) in [6, 6.07) is 7.77. The van der Waals surface area contributed by atoms with Crippen LogP contribution in [-0.4, -0.2) is 40.1 Å². The van der Waals surface area contributed by atoms with E-state index in [0.717, 1.165) is 11.1 Å². The van der Waals surface area contributed by atoms with Crippen molar-refractivity contribution in [3.63, 3.8) is 0 Å². The van der Waals surface area contributed by atoms with E-state index < -0.39 is 5.97 Å². The molecule has 8 heteroatoms. The van der Waals surface area contributed by atoms with Crippen LogP contribution in [0.5, 0.6) is 0 Å². The number of hydrogen-bond acceptors (Lipinski definition) is 6. The molecule has 1 saturated heterocycles. The van der Waals surface area contributed by atoms with Gasteiger partial charge in [-0.1, -0.05) is 53.8 Å². The van der Waals surface area contributed by atoms with Crippen molar-refractivity contribution < 1.29 is 19.5 Å². The fourth-order valence-electron chi connectivity index (χ4n) is 2.11. The van der Waals surface area contributed by atoms with Gasteiger partial charge in [0.15, 0.2) is 0 Å². The van der Waals surface area contributed by atoms with Gasteiger partial charge in [0.2, 0.25) is 5.91 Å². The average molecular weight is 377 g/mol. The molecule has 0 aliphatic carbocycles. The van der Waals surface area contributed by atoms with Gasteiger partial charge in [-0.05, 0) is 18.6 Å². The molecule has 2 rings (SSSR count). The molecule has 0 aromatic heterocycles. The molecule has 1 N–H and O–H groups in total. The predicted molar refractivity (Wildman–Crippen MR) is 98.3 cm³/mol. The lowest BCUT2D eigenvalue weighted by molar-refractivity contribution is -0.305. The fraction of sp³-hybridized carbons (Fsp3) is 0.294. The first-order valence-corrected chi connectivity index (χ1v) is 8.88. The van der Waals surface area contributed by atoms with E-state index in [1.54, 1.807) is 6.08 Å². The van der Waals surface area contributed by atoms with Crippen LogP contribution in [0.2, 0.25) is 0 Å². The van der Waals surface area contributed by atoms with Crippen LogP contribution in [0.1, 0.15) is 24.0 Å². The molecule has 1 aliphatic heterocycles. The number of carbonyl (C=O) groups excluding carboxylic acids is 3. The van der Waals surface area contributed by atoms with Crippen molar-refractivity contribution in [1.29, 1.82) is 0 Å². The number of hydrogen-bond donors (Lipinski definition) is 1. The van der Waals surface area contributed by atoms with Crippen LogP contribution >= 0.6 is 24.0 Å². The summed E-state index contributed by atoms with van der Waals surface area (Å²) >= 11 is 6.42. The number of nitrogens with zero attached hydrogens (tertiary/aromatic N) is 1. The third kappa shape index (κ3) is 5.68. The molecular formula is C17H17N2O4S2-. The van der Waals surface area contributed by atoms with Gasteiger partial charge in [0, 0.05) is 31.9 Å². The average Bonchev–Trinajstić information content (AvgIpc) is 2.81. The highest BCUT2D eigenvalue weighted by atomic mass is 32.2. The number of carboxylic acids is 1. The third-order valence-corrected chi connectivity index (χ3v) is 4.84. The summed E-state index contributed by atoms with van der Waals surface area (Å²) in [7, 11) is 0. The number of rotatable bonds is 7. The van der Waals surface area contributed by atoms with E-state index in [0.29, 0.717) is 9.23 Å². The number of thioether (sulfide) groups is 1. The van der Waals surface area contributed by atoms with E-state index in [9.17, 15) is 19.5 Å². The van der Waals surface area contributed by atoms with Crippen molar-refractivity contribution in [3.05, 3.63) is 40.3 Å². The van der Waals surface area contributed by atoms with Crippen molar-refractivity contribution in [2.45, 2.75) is 19.8 Å². The standard InChI is InChI=1S/C17H18N2O4S2/c1-11-2-4-12(5-3-11)10-13-16(23)19(17(24)25-13)9-7-14(20)18-8-6-15(21)22/h2-5,10H,6-9H2,1H3,(H,18,20)(H,21,22)/p-1/b13-10+. The molecule has 0 atom stereocenters. The predicted octanol–water partition coefficient (Wildman–Crippen LogP) is 0.843. The minimum Gasteiger partial charge on any atom is -0.550 e. The molecule has 1 fully saturated rings. The summed E-state index contributed by atoms with van der Waals surface area (Å²) < 4.78 is 0.408. The normalized spacial score (nSPS) is 15.7. The van der Waals surface area contributed by atoms with Gasteiger partial charge < -0.3 is 15.2 Å². The lowest BCUT2D eigenvalue weighted by Crippen LogP contribution is -2.35. The Morgan fingerprint density at radius 3 is 2.60 bits per heavy atom. The van der Waals surface area contributed by atoms with E-state index in [2.05, 4.69) is 5.32 Å². The molecule has 1 aliphatic rings. The zero-order valence-corrected chi connectivity index (χ0v) is 15.2. The highest BCUT2D eigenvalue weighted by Gasteiger charge is 2.31. The largest absolute Gasteiger partial charge is 0.550 e. The minimum atomic E-state index is -1.22. The van der Waals surface area contributed by atoms with Gasteiger partial charge in [-0.2, -0.15) is 0 Å². The molecule has 6 nitrogen and oxygen atoms in total. The zero-order chi connectivity index (χ0) is 18.4. The molecule has 1 aromatic carbocycles. The van der Waals surface area contributed by atoms with Gasteiger partial charge in [-0.3, -0.25) is 14.5 Å². The maximum atomic E-state index is 12.4. The van der Waals surface area contributed by atoms with Crippen LogP contribution in [0.4, 0.5) is 0 Å². The Bertz CT molecular complexity index is 729. The van der Waals surface area contributed by atoms with E-state index >= 15 is 0 Å². The van der Waals surface area contributed by atoms with Crippen LogP contribution in [-0.2, 0) is 14.4 Å². The molecule has 0 spiro atoms. The maximum absolute atomic E-state index is 12.4. The van der Waals surface area contributed by atoms with Crippen LogP contribution < -0.4 is 10.4 Å². The summed E-state index contributed by atoms with van der Waals surface area (Å²) in [4.78, 5) is 36.3. The van der Waals surface area contributed by atoms with Crippen molar-refractivity contribution in [2.24, 2.45) is 0 Å². The molecule has 2 amide bonds. The molecule has 0 unspecified atom stereocenters. The monoisotopic (exact) mass is 377 g/mol. The van der Waals surface area contributed by atoms with Gasteiger partial charge in [0.25, 0.3) is 5.91 Å². The van der Waals surface area contributed by atoms with Crippen LogP contribution in [0, 0.1) is 6.92 Å². The minimum absolute atomic E-state index is 0.00683. The molecule has 0 bridgehead atoms. The van der Waals surface area contributed by atoms with E-state index in [-0.39, 0.29) is 37.7 Å². The van der Waals surface area contributed by atoms with Gasteiger partial charge in [0.05, 0.1) is 4.91 Å². The Hall–Kier alpha value is -2.19. The number of carboxylic acid groups (broad SMARTS) is 1. The Balaban J connectivity index is 1.91. The van der Waals surface area contributed by atoms with Crippen LogP contribution in [0.15, 0.2) is 29.2 Å². The Labute approximate surface area is 155 Å². The molecule has 0 saturated carbocycles. The summed E-state index contributed by atoms with van der Waals surface area (Å²) in [5.41, 5.74) is 2.04. The summed E-state index contributed by atoms with van der Waals surface area (Å²) in [6.45, 7) is 2.15. The third-order valence-electron chi connectivity index (χ3n) is 3.46.